The van der Waals surface area contributed by atoms with E-state index in [4.69, 9.17) is 0 Å². The Hall–Kier alpha value is -1.61. The van der Waals surface area contributed by atoms with Crippen LogP contribution in [0.5, 0.6) is 0 Å². The Balaban J connectivity index is 1.73. The minimum Gasteiger partial charge on any atom is -0.338 e. The van der Waals surface area contributed by atoms with Crippen molar-refractivity contribution >= 4 is 15.9 Å². The van der Waals surface area contributed by atoms with Gasteiger partial charge in [-0.15, -0.1) is 0 Å². The minimum atomic E-state index is -4.31. The van der Waals surface area contributed by atoms with Gasteiger partial charge in [-0.05, 0) is 49.9 Å². The first-order valence-electron chi connectivity index (χ1n) is 8.66. The van der Waals surface area contributed by atoms with E-state index in [0.717, 1.165) is 12.8 Å². The monoisotopic (exact) mass is 390 g/mol. The van der Waals surface area contributed by atoms with Gasteiger partial charge in [-0.25, -0.2) is 8.42 Å². The van der Waals surface area contributed by atoms with Gasteiger partial charge in [0.05, 0.1) is 10.8 Å². The predicted octanol–water partition coefficient (Wildman–Crippen LogP) is 2.89. The molecular weight excluding hydrogens is 369 g/mol. The molecule has 2 heterocycles. The summed E-state index contributed by atoms with van der Waals surface area (Å²) in [6.45, 7) is 0.890. The normalized spacial score (nSPS) is 22.6. The van der Waals surface area contributed by atoms with Crippen molar-refractivity contribution in [3.8, 4) is 0 Å². The van der Waals surface area contributed by atoms with Crippen LogP contribution in [0.25, 0.3) is 0 Å². The van der Waals surface area contributed by atoms with Gasteiger partial charge in [0.2, 0.25) is 10.0 Å². The Morgan fingerprint density at radius 3 is 2.19 bits per heavy atom. The molecule has 0 radical (unpaired) electrons. The second-order valence-corrected chi connectivity index (χ2v) is 8.71. The van der Waals surface area contributed by atoms with Gasteiger partial charge in [0.1, 0.15) is 0 Å². The van der Waals surface area contributed by atoms with Crippen LogP contribution in [0.15, 0.2) is 29.2 Å². The number of carbonyl (C=O) groups is 1. The molecule has 1 aromatic rings. The third kappa shape index (κ3) is 3.88. The van der Waals surface area contributed by atoms with Crippen LogP contribution in [0.4, 0.5) is 13.2 Å². The fourth-order valence-electron chi connectivity index (χ4n) is 3.46. The van der Waals surface area contributed by atoms with Gasteiger partial charge < -0.3 is 4.90 Å². The molecule has 2 saturated heterocycles. The highest BCUT2D eigenvalue weighted by atomic mass is 32.2. The van der Waals surface area contributed by atoms with E-state index in [0.29, 0.717) is 19.5 Å². The number of halogens is 3. The first-order chi connectivity index (χ1) is 12.2. The third-order valence-electron chi connectivity index (χ3n) is 4.98. The van der Waals surface area contributed by atoms with Crippen molar-refractivity contribution in [1.29, 1.82) is 0 Å². The van der Waals surface area contributed by atoms with Crippen LogP contribution in [0.3, 0.4) is 0 Å². The third-order valence-corrected chi connectivity index (χ3v) is 6.89. The van der Waals surface area contributed by atoms with Crippen molar-refractivity contribution < 1.29 is 26.4 Å². The summed E-state index contributed by atoms with van der Waals surface area (Å²) in [7, 11) is -3.57. The topological polar surface area (TPSA) is 57.7 Å². The number of benzene rings is 1. The van der Waals surface area contributed by atoms with Crippen LogP contribution in [0.2, 0.25) is 0 Å². The van der Waals surface area contributed by atoms with Gasteiger partial charge in [-0.1, -0.05) is 0 Å². The van der Waals surface area contributed by atoms with Gasteiger partial charge in [-0.2, -0.15) is 17.5 Å². The van der Waals surface area contributed by atoms with Crippen molar-refractivity contribution in [2.75, 3.05) is 26.2 Å². The van der Waals surface area contributed by atoms with Gasteiger partial charge in [0.25, 0.3) is 5.91 Å². The quantitative estimate of drug-likeness (QED) is 0.798. The summed E-state index contributed by atoms with van der Waals surface area (Å²) in [4.78, 5) is 13.8. The maximum atomic E-state index is 12.9. The van der Waals surface area contributed by atoms with E-state index in [1.165, 1.54) is 33.5 Å². The van der Waals surface area contributed by atoms with Crippen LogP contribution in [-0.2, 0) is 10.0 Å². The predicted molar refractivity (Wildman–Crippen MR) is 89.1 cm³/mol. The number of piperidine rings is 1. The Morgan fingerprint density at radius 2 is 1.62 bits per heavy atom. The molecule has 0 aliphatic carbocycles. The number of alkyl halides is 3. The van der Waals surface area contributed by atoms with E-state index in [9.17, 15) is 26.4 Å². The second-order valence-electron chi connectivity index (χ2n) is 6.77. The van der Waals surface area contributed by atoms with Gasteiger partial charge >= 0.3 is 6.18 Å². The first kappa shape index (κ1) is 19.2. The molecular formula is C17H21F3N2O3S. The van der Waals surface area contributed by atoms with E-state index in [1.54, 1.807) is 0 Å². The molecule has 0 aromatic heterocycles. The summed E-state index contributed by atoms with van der Waals surface area (Å²) in [5.41, 5.74) is 0.202. The molecule has 1 atom stereocenters. The SMILES string of the molecule is O=C(c1ccc(S(=O)(=O)N2CCCC2)cc1)N1CCC[C@@H](C(F)(F)F)C1. The molecule has 0 spiro atoms. The van der Waals surface area contributed by atoms with Crippen LogP contribution in [0, 0.1) is 5.92 Å². The highest BCUT2D eigenvalue weighted by molar-refractivity contribution is 7.89. The lowest BCUT2D eigenvalue weighted by Crippen LogP contribution is -2.44. The van der Waals surface area contributed by atoms with Crippen LogP contribution in [0.1, 0.15) is 36.0 Å². The van der Waals surface area contributed by atoms with E-state index < -0.39 is 28.0 Å². The number of rotatable bonds is 3. The first-order valence-corrected chi connectivity index (χ1v) is 10.1. The van der Waals surface area contributed by atoms with Crippen LogP contribution in [-0.4, -0.2) is 55.9 Å². The van der Waals surface area contributed by atoms with E-state index in [-0.39, 0.29) is 30.0 Å². The second kappa shape index (κ2) is 7.19. The molecule has 3 rings (SSSR count). The number of amides is 1. The van der Waals surface area contributed by atoms with E-state index >= 15 is 0 Å². The molecule has 144 valence electrons. The zero-order valence-corrected chi connectivity index (χ0v) is 15.0. The molecule has 1 aromatic carbocycles. The molecule has 9 heteroatoms. The summed E-state index contributed by atoms with van der Waals surface area (Å²) in [6.07, 6.45) is -2.33. The maximum absolute atomic E-state index is 12.9. The van der Waals surface area contributed by atoms with Crippen molar-refractivity contribution in [2.24, 2.45) is 5.92 Å². The molecule has 0 saturated carbocycles. The minimum absolute atomic E-state index is 0.0281. The standard InChI is InChI=1S/C17H21F3N2O3S/c18-17(19,20)14-4-3-9-21(12-14)16(23)13-5-7-15(8-6-13)26(24,25)22-10-1-2-11-22/h5-8,14H,1-4,9-12H2/t14-/m1/s1. The molecule has 2 aliphatic rings. The van der Waals surface area contributed by atoms with Gasteiger partial charge in [0.15, 0.2) is 0 Å². The maximum Gasteiger partial charge on any atom is 0.393 e. The van der Waals surface area contributed by atoms with Crippen LogP contribution < -0.4 is 0 Å². The Morgan fingerprint density at radius 1 is 1.00 bits per heavy atom. The fourth-order valence-corrected chi connectivity index (χ4v) is 4.98. The largest absolute Gasteiger partial charge is 0.393 e. The molecule has 0 bridgehead atoms. The molecule has 5 nitrogen and oxygen atoms in total. The molecule has 26 heavy (non-hydrogen) atoms. The highest BCUT2D eigenvalue weighted by Gasteiger charge is 2.42. The lowest BCUT2D eigenvalue weighted by atomic mass is 9.97. The average molecular weight is 390 g/mol. The lowest BCUT2D eigenvalue weighted by Gasteiger charge is -2.33. The number of sulfonamides is 1. The number of nitrogens with zero attached hydrogens (tertiary/aromatic N) is 2. The zero-order valence-electron chi connectivity index (χ0n) is 14.2. The average Bonchev–Trinajstić information content (AvgIpc) is 3.16. The molecule has 0 N–H and O–H groups in total. The number of hydrogen-bond donors (Lipinski definition) is 0. The van der Waals surface area contributed by atoms with Crippen molar-refractivity contribution in [1.82, 2.24) is 9.21 Å². The fraction of sp³-hybridized carbons (Fsp3) is 0.588. The lowest BCUT2D eigenvalue weighted by molar-refractivity contribution is -0.184. The van der Waals surface area contributed by atoms with E-state index in [2.05, 4.69) is 0 Å². The van der Waals surface area contributed by atoms with Crippen LogP contribution >= 0.6 is 0 Å². The Kier molecular flexibility index (Phi) is 5.30. The Labute approximate surface area is 150 Å². The zero-order chi connectivity index (χ0) is 18.9. The molecule has 1 amide bonds. The van der Waals surface area contributed by atoms with Gasteiger partial charge in [-0.3, -0.25) is 4.79 Å². The molecule has 0 unspecified atom stereocenters. The van der Waals surface area contributed by atoms with Crippen molar-refractivity contribution in [3.05, 3.63) is 29.8 Å². The molecule has 2 aliphatic heterocycles. The summed E-state index contributed by atoms with van der Waals surface area (Å²) < 4.78 is 65.1. The van der Waals surface area contributed by atoms with E-state index in [1.807, 2.05) is 0 Å². The number of likely N-dealkylation sites (tertiary alicyclic amines) is 1. The van der Waals surface area contributed by atoms with Gasteiger partial charge in [0, 0.05) is 31.7 Å². The summed E-state index contributed by atoms with van der Waals surface area (Å²) in [6, 6.07) is 5.46. The van der Waals surface area contributed by atoms with Crippen molar-refractivity contribution in [3.63, 3.8) is 0 Å². The van der Waals surface area contributed by atoms with Crippen molar-refractivity contribution in [2.45, 2.75) is 36.8 Å². The smallest absolute Gasteiger partial charge is 0.338 e. The molecule has 2 fully saturated rings. The summed E-state index contributed by atoms with van der Waals surface area (Å²) in [5.74, 6) is -2.00. The summed E-state index contributed by atoms with van der Waals surface area (Å²) >= 11 is 0. The highest BCUT2D eigenvalue weighted by Crippen LogP contribution is 2.33. The Bertz CT molecular complexity index is 756. The number of hydrogen-bond acceptors (Lipinski definition) is 3. The number of carbonyl (C=O) groups excluding carboxylic acids is 1. The summed E-state index contributed by atoms with van der Waals surface area (Å²) in [5, 5.41) is 0.